The number of rotatable bonds is 2. The number of Topliss-reactive ketones (excluding diaryl/α,β-unsaturated/α-hetero) is 1. The summed E-state index contributed by atoms with van der Waals surface area (Å²) in [6.07, 6.45) is 11.9. The van der Waals surface area contributed by atoms with E-state index >= 15 is 0 Å². The topological polar surface area (TPSA) is 37.3 Å². The Labute approximate surface area is 197 Å². The van der Waals surface area contributed by atoms with E-state index in [1.807, 2.05) is 0 Å². The standard InChI is InChI=1S/C30H48O2/c1-19(2)20-10-15-30(18-31)17-16-28(6)21(25(20)30)8-9-23-27(5)13-12-24(32)26(3,4)22(27)11-14-29(23,28)7/h20-23,25,31H,1,8-18H2,2-7H3/t20?,21-,22+,23-,25-,27+,28-,29-,30-/m1/s1. The Balaban J connectivity index is 1.56. The Morgan fingerprint density at radius 1 is 0.906 bits per heavy atom. The fraction of sp³-hybridized carbons (Fsp3) is 0.900. The summed E-state index contributed by atoms with van der Waals surface area (Å²) in [6.45, 7) is 19.4. The van der Waals surface area contributed by atoms with Gasteiger partial charge in [0, 0.05) is 18.4 Å². The van der Waals surface area contributed by atoms with Gasteiger partial charge in [-0.3, -0.25) is 4.79 Å². The highest BCUT2D eigenvalue weighted by Crippen LogP contribution is 2.77. The molecule has 0 amide bonds. The second kappa shape index (κ2) is 6.96. The molecular weight excluding hydrogens is 392 g/mol. The fourth-order valence-corrected chi connectivity index (χ4v) is 11.4. The van der Waals surface area contributed by atoms with Crippen LogP contribution < -0.4 is 0 Å². The van der Waals surface area contributed by atoms with Crippen LogP contribution in [0.25, 0.3) is 0 Å². The zero-order valence-electron chi connectivity index (χ0n) is 21.7. The molecule has 5 rings (SSSR count). The average molecular weight is 441 g/mol. The highest BCUT2D eigenvalue weighted by molar-refractivity contribution is 5.85. The molecule has 180 valence electrons. The molecule has 0 aromatic rings. The molecule has 0 bridgehead atoms. The van der Waals surface area contributed by atoms with Gasteiger partial charge in [0.25, 0.3) is 0 Å². The zero-order valence-corrected chi connectivity index (χ0v) is 21.7. The van der Waals surface area contributed by atoms with E-state index in [1.54, 1.807) is 0 Å². The molecular formula is C30H48O2. The second-order valence-electron chi connectivity index (χ2n) is 14.4. The van der Waals surface area contributed by atoms with E-state index < -0.39 is 0 Å². The highest BCUT2D eigenvalue weighted by atomic mass is 16.3. The molecule has 9 atom stereocenters. The molecule has 0 saturated heterocycles. The lowest BCUT2D eigenvalue weighted by Gasteiger charge is -2.72. The minimum absolute atomic E-state index is 0.136. The maximum atomic E-state index is 12.9. The van der Waals surface area contributed by atoms with Crippen LogP contribution in [0, 0.1) is 56.7 Å². The third-order valence-corrected chi connectivity index (χ3v) is 13.3. The van der Waals surface area contributed by atoms with E-state index in [0.717, 1.165) is 12.8 Å². The zero-order chi connectivity index (χ0) is 23.3. The summed E-state index contributed by atoms with van der Waals surface area (Å²) in [5.74, 6) is 3.65. The summed E-state index contributed by atoms with van der Waals surface area (Å²) in [7, 11) is 0. The van der Waals surface area contributed by atoms with Crippen molar-refractivity contribution in [1.82, 2.24) is 0 Å². The van der Waals surface area contributed by atoms with Crippen LogP contribution in [0.3, 0.4) is 0 Å². The van der Waals surface area contributed by atoms with Crippen molar-refractivity contribution in [3.8, 4) is 0 Å². The van der Waals surface area contributed by atoms with Crippen LogP contribution in [0.4, 0.5) is 0 Å². The van der Waals surface area contributed by atoms with E-state index in [2.05, 4.69) is 48.1 Å². The molecule has 2 nitrogen and oxygen atoms in total. The van der Waals surface area contributed by atoms with Gasteiger partial charge >= 0.3 is 0 Å². The van der Waals surface area contributed by atoms with Crippen molar-refractivity contribution >= 4 is 5.78 Å². The number of fused-ring (bicyclic) bond motifs is 7. The number of hydrogen-bond donors (Lipinski definition) is 1. The number of allylic oxidation sites excluding steroid dienone is 1. The molecule has 0 heterocycles. The Morgan fingerprint density at radius 3 is 2.28 bits per heavy atom. The minimum Gasteiger partial charge on any atom is -0.396 e. The Kier molecular flexibility index (Phi) is 5.03. The van der Waals surface area contributed by atoms with Crippen molar-refractivity contribution in [2.45, 2.75) is 106 Å². The van der Waals surface area contributed by atoms with E-state index in [4.69, 9.17) is 0 Å². The summed E-state index contributed by atoms with van der Waals surface area (Å²) in [6, 6.07) is 0. The summed E-state index contributed by atoms with van der Waals surface area (Å²) in [4.78, 5) is 12.9. The predicted molar refractivity (Wildman–Crippen MR) is 131 cm³/mol. The van der Waals surface area contributed by atoms with Crippen molar-refractivity contribution in [2.24, 2.45) is 56.7 Å². The molecule has 5 saturated carbocycles. The van der Waals surface area contributed by atoms with E-state index in [9.17, 15) is 9.90 Å². The van der Waals surface area contributed by atoms with E-state index in [1.165, 1.54) is 56.9 Å². The Morgan fingerprint density at radius 2 is 1.62 bits per heavy atom. The summed E-state index contributed by atoms with van der Waals surface area (Å²) >= 11 is 0. The first-order valence-electron chi connectivity index (χ1n) is 13.7. The third kappa shape index (κ3) is 2.60. The number of carbonyl (C=O) groups is 1. The summed E-state index contributed by atoms with van der Waals surface area (Å²) in [5, 5.41) is 10.6. The van der Waals surface area contributed by atoms with Crippen LogP contribution >= 0.6 is 0 Å². The quantitative estimate of drug-likeness (QED) is 0.461. The minimum atomic E-state index is -0.165. The van der Waals surface area contributed by atoms with Crippen molar-refractivity contribution in [3.63, 3.8) is 0 Å². The van der Waals surface area contributed by atoms with Gasteiger partial charge in [0.15, 0.2) is 0 Å². The fourth-order valence-electron chi connectivity index (χ4n) is 11.4. The maximum absolute atomic E-state index is 12.9. The van der Waals surface area contributed by atoms with Gasteiger partial charge in [0.1, 0.15) is 5.78 Å². The predicted octanol–water partition coefficient (Wildman–Crippen LogP) is 7.21. The molecule has 0 radical (unpaired) electrons. The van der Waals surface area contributed by atoms with Crippen LogP contribution in [-0.4, -0.2) is 17.5 Å². The lowest BCUT2D eigenvalue weighted by molar-refractivity contribution is -0.236. The highest BCUT2D eigenvalue weighted by Gasteiger charge is 2.70. The molecule has 5 fully saturated rings. The monoisotopic (exact) mass is 440 g/mol. The van der Waals surface area contributed by atoms with Crippen LogP contribution in [0.2, 0.25) is 0 Å². The van der Waals surface area contributed by atoms with Crippen LogP contribution in [-0.2, 0) is 4.79 Å². The Hall–Kier alpha value is -0.630. The molecule has 5 aliphatic carbocycles. The first-order valence-corrected chi connectivity index (χ1v) is 13.7. The van der Waals surface area contributed by atoms with Crippen molar-refractivity contribution in [1.29, 1.82) is 0 Å². The normalized spacial score (nSPS) is 54.2. The third-order valence-electron chi connectivity index (χ3n) is 13.3. The van der Waals surface area contributed by atoms with Crippen molar-refractivity contribution in [3.05, 3.63) is 12.2 Å². The van der Waals surface area contributed by atoms with Crippen molar-refractivity contribution < 1.29 is 9.90 Å². The number of aliphatic hydroxyl groups excluding tert-OH is 1. The van der Waals surface area contributed by atoms with Crippen LogP contribution in [0.5, 0.6) is 0 Å². The SMILES string of the molecule is C=C(C)C1CC[C@]2(CO)CC[C@]3(C)[C@H](CC[C@@H]4[C@@]5(C)CCC(=O)C(C)(C)[C@@H]5CC[C@]43C)[C@@H]12. The number of hydrogen-bond acceptors (Lipinski definition) is 2. The van der Waals surface area contributed by atoms with Gasteiger partial charge in [-0.15, -0.1) is 0 Å². The number of ketones is 1. The molecule has 32 heavy (non-hydrogen) atoms. The van der Waals surface area contributed by atoms with Gasteiger partial charge in [-0.1, -0.05) is 46.8 Å². The average Bonchev–Trinajstić information content (AvgIpc) is 3.12. The molecule has 1 N–H and O–H groups in total. The smallest absolute Gasteiger partial charge is 0.138 e. The van der Waals surface area contributed by atoms with Gasteiger partial charge < -0.3 is 5.11 Å². The van der Waals surface area contributed by atoms with Gasteiger partial charge in [0.05, 0.1) is 0 Å². The van der Waals surface area contributed by atoms with E-state index in [0.29, 0.717) is 52.8 Å². The molecule has 0 aromatic carbocycles. The largest absolute Gasteiger partial charge is 0.396 e. The first-order chi connectivity index (χ1) is 14.9. The molecule has 2 heteroatoms. The van der Waals surface area contributed by atoms with Crippen LogP contribution in [0.15, 0.2) is 12.2 Å². The molecule has 0 spiro atoms. The summed E-state index contributed by atoms with van der Waals surface area (Å²) in [5.41, 5.74) is 2.27. The van der Waals surface area contributed by atoms with E-state index in [-0.39, 0.29) is 16.2 Å². The van der Waals surface area contributed by atoms with Crippen molar-refractivity contribution in [2.75, 3.05) is 6.61 Å². The Bertz CT molecular complexity index is 827. The van der Waals surface area contributed by atoms with Gasteiger partial charge in [-0.05, 0) is 116 Å². The number of carbonyl (C=O) groups excluding carboxylic acids is 1. The van der Waals surface area contributed by atoms with Gasteiger partial charge in [0.2, 0.25) is 0 Å². The lowest BCUT2D eigenvalue weighted by Crippen LogP contribution is -2.66. The molecule has 0 aliphatic heterocycles. The summed E-state index contributed by atoms with van der Waals surface area (Å²) < 4.78 is 0. The molecule has 1 unspecified atom stereocenters. The second-order valence-corrected chi connectivity index (χ2v) is 14.4. The molecule has 0 aromatic heterocycles. The van der Waals surface area contributed by atoms with Crippen LogP contribution in [0.1, 0.15) is 106 Å². The lowest BCUT2D eigenvalue weighted by atomic mass is 9.32. The first kappa shape index (κ1) is 23.1. The van der Waals surface area contributed by atoms with Gasteiger partial charge in [-0.25, -0.2) is 0 Å². The maximum Gasteiger partial charge on any atom is 0.138 e. The van der Waals surface area contributed by atoms with Gasteiger partial charge in [-0.2, -0.15) is 0 Å². The number of aliphatic hydroxyl groups is 1. The molecule has 5 aliphatic rings.